The molecule has 1 saturated heterocycles. The van der Waals surface area contributed by atoms with E-state index in [-0.39, 0.29) is 11.3 Å². The van der Waals surface area contributed by atoms with Gasteiger partial charge in [-0.1, -0.05) is 22.9 Å². The number of hydrogen-bond acceptors (Lipinski definition) is 2. The average Bonchev–Trinajstić information content (AvgIpc) is 2.37. The predicted octanol–water partition coefficient (Wildman–Crippen LogP) is 2.88. The maximum Gasteiger partial charge on any atom is 0.251 e. The van der Waals surface area contributed by atoms with Gasteiger partial charge < -0.3 is 10.6 Å². The zero-order valence-electron chi connectivity index (χ0n) is 11.6. The molecule has 0 unspecified atom stereocenters. The fraction of sp³-hybridized carbons (Fsp3) is 0.533. The van der Waals surface area contributed by atoms with Gasteiger partial charge in [0.25, 0.3) is 5.91 Å². The quantitative estimate of drug-likeness (QED) is 0.897. The average molecular weight is 325 g/mol. The second kappa shape index (κ2) is 6.06. The van der Waals surface area contributed by atoms with E-state index in [0.29, 0.717) is 0 Å². The minimum absolute atomic E-state index is 0.0322. The summed E-state index contributed by atoms with van der Waals surface area (Å²) < 4.78 is 1.01. The molecule has 0 radical (unpaired) electrons. The minimum Gasteiger partial charge on any atom is -0.351 e. The van der Waals surface area contributed by atoms with Crippen LogP contribution >= 0.6 is 15.9 Å². The molecule has 2 N–H and O–H groups in total. The summed E-state index contributed by atoms with van der Waals surface area (Å²) in [7, 11) is 0. The summed E-state index contributed by atoms with van der Waals surface area (Å²) in [5.74, 6) is 0.0322. The smallest absolute Gasteiger partial charge is 0.251 e. The summed E-state index contributed by atoms with van der Waals surface area (Å²) in [6.07, 6.45) is 2.24. The van der Waals surface area contributed by atoms with Crippen molar-refractivity contribution < 1.29 is 4.79 Å². The first-order valence-electron chi connectivity index (χ1n) is 6.75. The first-order chi connectivity index (χ1) is 9.00. The number of nitrogens with one attached hydrogen (secondary N) is 2. The Labute approximate surface area is 123 Å². The molecule has 1 heterocycles. The van der Waals surface area contributed by atoms with Crippen LogP contribution in [0.25, 0.3) is 0 Å². The molecule has 0 bridgehead atoms. The van der Waals surface area contributed by atoms with Crippen molar-refractivity contribution >= 4 is 21.8 Å². The fourth-order valence-electron chi connectivity index (χ4n) is 2.48. The number of hydrogen-bond donors (Lipinski definition) is 2. The Morgan fingerprint density at radius 3 is 2.74 bits per heavy atom. The van der Waals surface area contributed by atoms with Gasteiger partial charge in [0.15, 0.2) is 0 Å². The highest BCUT2D eigenvalue weighted by molar-refractivity contribution is 9.10. The van der Waals surface area contributed by atoms with Crippen molar-refractivity contribution in [1.29, 1.82) is 0 Å². The number of aryl methyl sites for hydroxylation is 1. The zero-order valence-corrected chi connectivity index (χ0v) is 13.1. The maximum atomic E-state index is 12.2. The Kier molecular flexibility index (Phi) is 4.63. The molecule has 0 saturated carbocycles. The third kappa shape index (κ3) is 3.80. The lowest BCUT2D eigenvalue weighted by Gasteiger charge is -2.34. The normalized spacial score (nSPS) is 18.1. The van der Waals surface area contributed by atoms with Crippen molar-refractivity contribution in [3.63, 3.8) is 0 Å². The largest absolute Gasteiger partial charge is 0.351 e. The molecule has 2 rings (SSSR count). The van der Waals surface area contributed by atoms with Crippen molar-refractivity contribution in [1.82, 2.24) is 10.6 Å². The van der Waals surface area contributed by atoms with E-state index in [0.717, 1.165) is 48.1 Å². The first kappa shape index (κ1) is 14.5. The number of piperidine rings is 1. The van der Waals surface area contributed by atoms with Gasteiger partial charge in [0.1, 0.15) is 0 Å². The van der Waals surface area contributed by atoms with Crippen molar-refractivity contribution in [2.24, 2.45) is 5.41 Å². The van der Waals surface area contributed by atoms with E-state index in [1.807, 2.05) is 25.1 Å². The van der Waals surface area contributed by atoms with Crippen LogP contribution in [0.1, 0.15) is 35.7 Å². The van der Waals surface area contributed by atoms with E-state index in [9.17, 15) is 4.79 Å². The molecule has 0 aromatic heterocycles. The second-order valence-corrected chi connectivity index (χ2v) is 6.62. The maximum absolute atomic E-state index is 12.2. The number of rotatable bonds is 3. The summed E-state index contributed by atoms with van der Waals surface area (Å²) in [6, 6.07) is 5.76. The minimum atomic E-state index is 0.0322. The standard InChI is InChI=1S/C15H21BrN2O/c1-11-9-12(16)3-4-13(11)14(19)18-10-15(2)5-7-17-8-6-15/h3-4,9,17H,5-8,10H2,1-2H3,(H,18,19). The van der Waals surface area contributed by atoms with Crippen LogP contribution in [0.2, 0.25) is 0 Å². The molecule has 1 aromatic rings. The number of amides is 1. The van der Waals surface area contributed by atoms with Crippen LogP contribution in [-0.2, 0) is 0 Å². The third-order valence-electron chi connectivity index (χ3n) is 3.92. The first-order valence-corrected chi connectivity index (χ1v) is 7.55. The molecule has 4 heteroatoms. The number of benzene rings is 1. The fourth-order valence-corrected chi connectivity index (χ4v) is 2.95. The monoisotopic (exact) mass is 324 g/mol. The summed E-state index contributed by atoms with van der Waals surface area (Å²) in [5, 5.41) is 6.44. The van der Waals surface area contributed by atoms with Crippen molar-refractivity contribution in [2.45, 2.75) is 26.7 Å². The SMILES string of the molecule is Cc1cc(Br)ccc1C(=O)NCC1(C)CCNCC1. The molecule has 0 spiro atoms. The van der Waals surface area contributed by atoms with Crippen molar-refractivity contribution in [2.75, 3.05) is 19.6 Å². The molecule has 104 valence electrons. The van der Waals surface area contributed by atoms with E-state index in [1.165, 1.54) is 0 Å². The molecule has 1 aliphatic rings. The Morgan fingerprint density at radius 2 is 2.11 bits per heavy atom. The van der Waals surface area contributed by atoms with Crippen molar-refractivity contribution in [3.05, 3.63) is 33.8 Å². The van der Waals surface area contributed by atoms with E-state index in [4.69, 9.17) is 0 Å². The van der Waals surface area contributed by atoms with Gasteiger partial charge >= 0.3 is 0 Å². The third-order valence-corrected chi connectivity index (χ3v) is 4.41. The molecular formula is C15H21BrN2O. The van der Waals surface area contributed by atoms with Crippen LogP contribution < -0.4 is 10.6 Å². The molecule has 0 aliphatic carbocycles. The predicted molar refractivity (Wildman–Crippen MR) is 81.4 cm³/mol. The molecule has 1 fully saturated rings. The van der Waals surface area contributed by atoms with Gasteiger partial charge in [0, 0.05) is 16.6 Å². The van der Waals surface area contributed by atoms with E-state index < -0.39 is 0 Å². The van der Waals surface area contributed by atoms with E-state index >= 15 is 0 Å². The lowest BCUT2D eigenvalue weighted by atomic mass is 9.81. The van der Waals surface area contributed by atoms with Gasteiger partial charge in [-0.15, -0.1) is 0 Å². The van der Waals surface area contributed by atoms with Crippen LogP contribution in [0.4, 0.5) is 0 Å². The summed E-state index contributed by atoms with van der Waals surface area (Å²) in [4.78, 5) is 12.2. The highest BCUT2D eigenvalue weighted by Crippen LogP contribution is 2.27. The van der Waals surface area contributed by atoms with Crippen LogP contribution in [0.15, 0.2) is 22.7 Å². The van der Waals surface area contributed by atoms with Crippen LogP contribution in [0, 0.1) is 12.3 Å². The van der Waals surface area contributed by atoms with Crippen LogP contribution in [0.5, 0.6) is 0 Å². The molecule has 0 atom stereocenters. The van der Waals surface area contributed by atoms with E-state index in [2.05, 4.69) is 33.5 Å². The van der Waals surface area contributed by atoms with Gasteiger partial charge in [0.2, 0.25) is 0 Å². The number of carbonyl (C=O) groups is 1. The van der Waals surface area contributed by atoms with Crippen LogP contribution in [0.3, 0.4) is 0 Å². The summed E-state index contributed by atoms with van der Waals surface area (Å²) in [5.41, 5.74) is 1.99. The Hall–Kier alpha value is -0.870. The Morgan fingerprint density at radius 1 is 1.42 bits per heavy atom. The molecule has 1 aliphatic heterocycles. The second-order valence-electron chi connectivity index (χ2n) is 5.70. The molecule has 1 amide bonds. The van der Waals surface area contributed by atoms with Gasteiger partial charge in [0.05, 0.1) is 0 Å². The zero-order chi connectivity index (χ0) is 13.9. The summed E-state index contributed by atoms with van der Waals surface area (Å²) >= 11 is 3.42. The van der Waals surface area contributed by atoms with Gasteiger partial charge in [-0.2, -0.15) is 0 Å². The lowest BCUT2D eigenvalue weighted by molar-refractivity contribution is 0.0921. The molecule has 19 heavy (non-hydrogen) atoms. The van der Waals surface area contributed by atoms with Gasteiger partial charge in [-0.3, -0.25) is 4.79 Å². The number of halogens is 1. The van der Waals surface area contributed by atoms with Crippen molar-refractivity contribution in [3.8, 4) is 0 Å². The molecular weight excluding hydrogens is 304 g/mol. The highest BCUT2D eigenvalue weighted by Gasteiger charge is 2.27. The highest BCUT2D eigenvalue weighted by atomic mass is 79.9. The topological polar surface area (TPSA) is 41.1 Å². The molecule has 1 aromatic carbocycles. The van der Waals surface area contributed by atoms with Crippen LogP contribution in [-0.4, -0.2) is 25.5 Å². The Balaban J connectivity index is 1.97. The number of carbonyl (C=O) groups excluding carboxylic acids is 1. The van der Waals surface area contributed by atoms with Gasteiger partial charge in [-0.25, -0.2) is 0 Å². The Bertz CT molecular complexity index is 467. The van der Waals surface area contributed by atoms with Gasteiger partial charge in [-0.05, 0) is 62.0 Å². The molecule has 3 nitrogen and oxygen atoms in total. The van der Waals surface area contributed by atoms with E-state index in [1.54, 1.807) is 0 Å². The summed E-state index contributed by atoms with van der Waals surface area (Å²) in [6.45, 7) is 7.06. The lowest BCUT2D eigenvalue weighted by Crippen LogP contribution is -2.43.